The van der Waals surface area contributed by atoms with Gasteiger partial charge in [0.15, 0.2) is 5.83 Å². The molecule has 0 unspecified atom stereocenters. The first kappa shape index (κ1) is 8.06. The van der Waals surface area contributed by atoms with E-state index in [1.165, 1.54) is 0 Å². The number of hydrogen-bond donors (Lipinski definition) is 3. The van der Waals surface area contributed by atoms with Crippen molar-refractivity contribution in [3.63, 3.8) is 0 Å². The van der Waals surface area contributed by atoms with Crippen molar-refractivity contribution in [2.24, 2.45) is 0 Å². The molecule has 9 heavy (non-hydrogen) atoms. The van der Waals surface area contributed by atoms with Crippen molar-refractivity contribution < 1.29 is 24.5 Å². The van der Waals surface area contributed by atoms with E-state index in [1.807, 2.05) is 0 Å². The van der Waals surface area contributed by atoms with Crippen molar-refractivity contribution >= 4 is 5.97 Å². The Bertz CT molecular complexity index is 135. The summed E-state index contributed by atoms with van der Waals surface area (Å²) in [5.74, 6) is -7.25. The summed E-state index contributed by atoms with van der Waals surface area (Å²) in [6.07, 6.45) is 0. The van der Waals surface area contributed by atoms with E-state index >= 15 is 0 Å². The number of carbonyl (C=O) groups is 1. The molecule has 3 N–H and O–H groups in total. The van der Waals surface area contributed by atoms with Crippen molar-refractivity contribution in [3.05, 3.63) is 12.4 Å². The Morgan fingerprint density at radius 1 is 1.56 bits per heavy atom. The SMILES string of the molecule is C=C(F)C(O)(O)C(=O)O. The molecule has 0 aliphatic rings. The summed E-state index contributed by atoms with van der Waals surface area (Å²) in [4.78, 5) is 9.66. The smallest absolute Gasteiger partial charge is 0.371 e. The van der Waals surface area contributed by atoms with E-state index in [0.717, 1.165) is 0 Å². The molecule has 52 valence electrons. The number of rotatable bonds is 2. The minimum absolute atomic E-state index is 1.71. The highest BCUT2D eigenvalue weighted by Gasteiger charge is 2.37. The van der Waals surface area contributed by atoms with Crippen LogP contribution in [0, 0.1) is 0 Å². The quantitative estimate of drug-likeness (QED) is 0.436. The lowest BCUT2D eigenvalue weighted by Gasteiger charge is -2.11. The fraction of sp³-hybridized carbons (Fsp3) is 0.250. The van der Waals surface area contributed by atoms with Crippen LogP contribution in [0.2, 0.25) is 0 Å². The normalized spacial score (nSPS) is 11.0. The molecule has 0 amide bonds. The van der Waals surface area contributed by atoms with Gasteiger partial charge in [0.1, 0.15) is 0 Å². The molecule has 0 fully saturated rings. The van der Waals surface area contributed by atoms with Crippen molar-refractivity contribution in [2.75, 3.05) is 0 Å². The van der Waals surface area contributed by atoms with Crippen LogP contribution in [0.5, 0.6) is 0 Å². The van der Waals surface area contributed by atoms with Crippen LogP contribution < -0.4 is 0 Å². The Morgan fingerprint density at radius 3 is 1.89 bits per heavy atom. The van der Waals surface area contributed by atoms with Gasteiger partial charge in [-0.05, 0) is 0 Å². The van der Waals surface area contributed by atoms with Crippen LogP contribution in [0.1, 0.15) is 0 Å². The third-order valence-electron chi connectivity index (χ3n) is 0.676. The van der Waals surface area contributed by atoms with Crippen LogP contribution >= 0.6 is 0 Å². The van der Waals surface area contributed by atoms with Crippen LogP contribution in [-0.4, -0.2) is 27.1 Å². The lowest BCUT2D eigenvalue weighted by atomic mass is 10.3. The van der Waals surface area contributed by atoms with Gasteiger partial charge in [0.05, 0.1) is 0 Å². The second-order valence-corrected chi connectivity index (χ2v) is 1.38. The van der Waals surface area contributed by atoms with E-state index < -0.39 is 17.6 Å². The summed E-state index contributed by atoms with van der Waals surface area (Å²) in [7, 11) is 0. The maximum atomic E-state index is 11.7. The van der Waals surface area contributed by atoms with Crippen molar-refractivity contribution in [3.8, 4) is 0 Å². The van der Waals surface area contributed by atoms with Gasteiger partial charge in [-0.3, -0.25) is 0 Å². The van der Waals surface area contributed by atoms with Gasteiger partial charge in [-0.2, -0.15) is 0 Å². The average molecular weight is 136 g/mol. The highest BCUT2D eigenvalue weighted by atomic mass is 19.1. The second-order valence-electron chi connectivity index (χ2n) is 1.38. The number of aliphatic carboxylic acids is 1. The van der Waals surface area contributed by atoms with Gasteiger partial charge in [-0.25, -0.2) is 9.18 Å². The number of halogens is 1. The molecule has 0 aromatic heterocycles. The first-order valence-electron chi connectivity index (χ1n) is 1.92. The van der Waals surface area contributed by atoms with Crippen LogP contribution in [0.4, 0.5) is 4.39 Å². The fourth-order valence-corrected chi connectivity index (χ4v) is 0.116. The number of hydrogen-bond acceptors (Lipinski definition) is 3. The summed E-state index contributed by atoms with van der Waals surface area (Å²) in [5.41, 5.74) is 0. The van der Waals surface area contributed by atoms with Crippen LogP contribution in [0.3, 0.4) is 0 Å². The molecule has 0 aliphatic carbocycles. The Hall–Kier alpha value is -0.940. The Morgan fingerprint density at radius 2 is 1.89 bits per heavy atom. The van der Waals surface area contributed by atoms with E-state index in [-0.39, 0.29) is 0 Å². The second kappa shape index (κ2) is 2.12. The predicted molar refractivity (Wildman–Crippen MR) is 25.1 cm³/mol. The van der Waals surface area contributed by atoms with E-state index in [9.17, 15) is 9.18 Å². The predicted octanol–water partition coefficient (Wildman–Crippen LogP) is -0.765. The Labute approximate surface area is 49.9 Å². The average Bonchev–Trinajstić information content (AvgIpc) is 1.65. The van der Waals surface area contributed by atoms with Gasteiger partial charge < -0.3 is 15.3 Å². The molecule has 0 bridgehead atoms. The maximum absolute atomic E-state index is 11.7. The lowest BCUT2D eigenvalue weighted by molar-refractivity contribution is -0.194. The zero-order valence-corrected chi connectivity index (χ0v) is 4.33. The molecule has 0 rings (SSSR count). The van der Waals surface area contributed by atoms with Gasteiger partial charge >= 0.3 is 11.8 Å². The third-order valence-corrected chi connectivity index (χ3v) is 0.676. The summed E-state index contributed by atoms with van der Waals surface area (Å²) >= 11 is 0. The minimum atomic E-state index is -3.44. The molecule has 0 spiro atoms. The van der Waals surface area contributed by atoms with Crippen molar-refractivity contribution in [2.45, 2.75) is 5.79 Å². The molecular weight excluding hydrogens is 131 g/mol. The first-order chi connectivity index (χ1) is 3.89. The standard InChI is InChI=1S/C4H5FO4/c1-2(5)4(8,9)3(6)7/h8-9H,1H2,(H,6,7). The largest absolute Gasteiger partial charge is 0.477 e. The monoisotopic (exact) mass is 136 g/mol. The molecule has 0 heterocycles. The minimum Gasteiger partial charge on any atom is -0.477 e. The molecule has 0 radical (unpaired) electrons. The molecule has 0 aliphatic heterocycles. The summed E-state index contributed by atoms with van der Waals surface area (Å²) < 4.78 is 11.7. The fourth-order valence-electron chi connectivity index (χ4n) is 0.116. The van der Waals surface area contributed by atoms with Gasteiger partial charge in [0.25, 0.3) is 0 Å². The highest BCUT2D eigenvalue weighted by molar-refractivity contribution is 5.78. The summed E-state index contributed by atoms with van der Waals surface area (Å²) in [6, 6.07) is 0. The van der Waals surface area contributed by atoms with Crippen LogP contribution in [0.15, 0.2) is 12.4 Å². The van der Waals surface area contributed by atoms with E-state index in [0.29, 0.717) is 0 Å². The molecule has 0 aromatic carbocycles. The third kappa shape index (κ3) is 1.48. The Balaban J connectivity index is 4.38. The van der Waals surface area contributed by atoms with Crippen molar-refractivity contribution in [1.82, 2.24) is 0 Å². The number of carboxylic acids is 1. The van der Waals surface area contributed by atoms with Crippen LogP contribution in [0.25, 0.3) is 0 Å². The molecule has 0 aromatic rings. The van der Waals surface area contributed by atoms with Gasteiger partial charge in [-0.15, -0.1) is 0 Å². The summed E-state index contributed by atoms with van der Waals surface area (Å²) in [6.45, 7) is 2.40. The van der Waals surface area contributed by atoms with Crippen LogP contribution in [-0.2, 0) is 4.79 Å². The van der Waals surface area contributed by atoms with E-state index in [2.05, 4.69) is 6.58 Å². The topological polar surface area (TPSA) is 77.8 Å². The molecule has 4 nitrogen and oxygen atoms in total. The van der Waals surface area contributed by atoms with Crippen molar-refractivity contribution in [1.29, 1.82) is 0 Å². The molecule has 0 saturated heterocycles. The van der Waals surface area contributed by atoms with E-state index in [1.54, 1.807) is 0 Å². The van der Waals surface area contributed by atoms with E-state index in [4.69, 9.17) is 15.3 Å². The lowest BCUT2D eigenvalue weighted by Crippen LogP contribution is -2.38. The zero-order valence-electron chi connectivity index (χ0n) is 4.33. The highest BCUT2D eigenvalue weighted by Crippen LogP contribution is 2.11. The molecule has 5 heteroatoms. The van der Waals surface area contributed by atoms with Gasteiger partial charge in [-0.1, -0.05) is 6.58 Å². The maximum Gasteiger partial charge on any atom is 0.371 e. The zero-order chi connectivity index (χ0) is 7.65. The van der Waals surface area contributed by atoms with Gasteiger partial charge in [0.2, 0.25) is 0 Å². The molecule has 0 saturated carbocycles. The first-order valence-corrected chi connectivity index (χ1v) is 1.92. The van der Waals surface area contributed by atoms with Gasteiger partial charge in [0, 0.05) is 0 Å². The summed E-state index contributed by atoms with van der Waals surface area (Å²) in [5, 5.41) is 24.1. The number of carboxylic acid groups (broad SMARTS) is 1. The molecule has 0 atom stereocenters. The number of aliphatic hydroxyl groups is 2. The molecular formula is C4H5FO4. The Kier molecular flexibility index (Phi) is 1.90.